The number of sulfonamides is 1. The summed E-state index contributed by atoms with van der Waals surface area (Å²) in [5, 5.41) is -0.358. The molecule has 39 heavy (non-hydrogen) atoms. The molecule has 11 heteroatoms. The molecule has 3 N–H and O–H groups in total. The molecule has 2 aromatic heterocycles. The Morgan fingerprint density at radius 1 is 1.15 bits per heavy atom. The second kappa shape index (κ2) is 10.4. The number of hydrogen-bond donors (Lipinski definition) is 2. The Bertz CT molecular complexity index is 1500. The summed E-state index contributed by atoms with van der Waals surface area (Å²) in [4.78, 5) is 24.0. The van der Waals surface area contributed by atoms with E-state index in [9.17, 15) is 17.6 Å². The SMILES string of the molecule is CC(C)COc1cc(F)cc(-c2ccc(C(=O)NS(=O)(=O)c3cccc(N)n3)c(N3CC4CC(C3)C4C)n2)c1. The van der Waals surface area contributed by atoms with Crippen LogP contribution < -0.4 is 20.1 Å². The van der Waals surface area contributed by atoms with Gasteiger partial charge < -0.3 is 15.4 Å². The Hall–Kier alpha value is -3.73. The summed E-state index contributed by atoms with van der Waals surface area (Å²) in [7, 11) is -4.28. The molecule has 3 aliphatic rings. The summed E-state index contributed by atoms with van der Waals surface area (Å²) < 4.78 is 48.1. The van der Waals surface area contributed by atoms with Gasteiger partial charge in [0.1, 0.15) is 23.2 Å². The Morgan fingerprint density at radius 2 is 1.90 bits per heavy atom. The molecule has 2 bridgehead atoms. The monoisotopic (exact) mass is 553 g/mol. The number of nitrogens with two attached hydrogens (primary N) is 1. The number of hydrogen-bond acceptors (Lipinski definition) is 8. The second-order valence-corrected chi connectivity index (χ2v) is 12.4. The number of amides is 1. The molecule has 3 fully saturated rings. The first-order chi connectivity index (χ1) is 18.5. The van der Waals surface area contributed by atoms with E-state index >= 15 is 0 Å². The van der Waals surface area contributed by atoms with E-state index in [0.29, 0.717) is 60.3 Å². The van der Waals surface area contributed by atoms with Crippen molar-refractivity contribution in [2.24, 2.45) is 23.7 Å². The first-order valence-corrected chi connectivity index (χ1v) is 14.5. The lowest BCUT2D eigenvalue weighted by atomic mass is 9.62. The van der Waals surface area contributed by atoms with Gasteiger partial charge in [-0.15, -0.1) is 0 Å². The minimum atomic E-state index is -4.28. The Morgan fingerprint density at radius 3 is 2.56 bits per heavy atom. The highest BCUT2D eigenvalue weighted by Gasteiger charge is 2.44. The number of pyridine rings is 2. The number of benzene rings is 1. The number of fused-ring (bicyclic) bond motifs is 2. The summed E-state index contributed by atoms with van der Waals surface area (Å²) in [6.07, 6.45) is 1.12. The number of rotatable bonds is 8. The highest BCUT2D eigenvalue weighted by atomic mass is 32.2. The van der Waals surface area contributed by atoms with Crippen LogP contribution in [-0.4, -0.2) is 44.0 Å². The normalized spacial score (nSPS) is 20.4. The minimum Gasteiger partial charge on any atom is -0.493 e. The number of nitrogen functional groups attached to an aromatic ring is 1. The Kier molecular flexibility index (Phi) is 7.19. The first-order valence-electron chi connectivity index (χ1n) is 13.0. The van der Waals surface area contributed by atoms with Gasteiger partial charge in [0.05, 0.1) is 17.9 Å². The van der Waals surface area contributed by atoms with Crippen molar-refractivity contribution in [3.8, 4) is 17.0 Å². The van der Waals surface area contributed by atoms with Crippen molar-refractivity contribution >= 4 is 27.6 Å². The standard InChI is InChI=1S/C28H32FN5O4S/c1-16(2)15-38-22-11-18(10-21(29)12-22)24-8-7-23(27(31-24)34-13-19-9-20(14-34)17(19)3)28(35)33-39(36,37)26-6-4-5-25(30)32-26/h4-8,10-12,16-17,19-20H,9,13-15H2,1-3H3,(H2,30,32)(H,33,35). The van der Waals surface area contributed by atoms with E-state index in [1.54, 1.807) is 12.1 Å². The minimum absolute atomic E-state index is 0.0190. The molecule has 2 unspecified atom stereocenters. The Labute approximate surface area is 227 Å². The molecule has 206 valence electrons. The van der Waals surface area contributed by atoms with Gasteiger partial charge in [0.2, 0.25) is 0 Å². The molecule has 1 saturated carbocycles. The lowest BCUT2D eigenvalue weighted by Crippen LogP contribution is -2.54. The fourth-order valence-corrected chi connectivity index (χ4v) is 6.14. The number of ether oxygens (including phenoxy) is 1. The molecule has 3 aromatic rings. The van der Waals surface area contributed by atoms with Crippen molar-refractivity contribution in [3.05, 3.63) is 59.9 Å². The Balaban J connectivity index is 1.50. The van der Waals surface area contributed by atoms with Crippen LogP contribution in [0.2, 0.25) is 0 Å². The van der Waals surface area contributed by atoms with Gasteiger partial charge in [0.15, 0.2) is 5.03 Å². The lowest BCUT2D eigenvalue weighted by molar-refractivity contribution is 0.0633. The van der Waals surface area contributed by atoms with E-state index in [0.717, 1.165) is 6.42 Å². The van der Waals surface area contributed by atoms with Crippen molar-refractivity contribution < 1.29 is 22.3 Å². The topological polar surface area (TPSA) is 128 Å². The van der Waals surface area contributed by atoms with Crippen LogP contribution in [0.4, 0.5) is 16.0 Å². The van der Waals surface area contributed by atoms with E-state index in [1.807, 2.05) is 18.7 Å². The number of carbonyl (C=O) groups is 1. The molecular weight excluding hydrogens is 521 g/mol. The molecule has 2 saturated heterocycles. The molecule has 2 aliphatic heterocycles. The maximum Gasteiger partial charge on any atom is 0.281 e. The van der Waals surface area contributed by atoms with E-state index in [-0.39, 0.29) is 22.3 Å². The zero-order chi connectivity index (χ0) is 27.9. The summed E-state index contributed by atoms with van der Waals surface area (Å²) in [5.41, 5.74) is 6.68. The molecular formula is C28H32FN5O4S. The third kappa shape index (κ3) is 5.68. The lowest BCUT2D eigenvalue weighted by Gasteiger charge is -2.53. The van der Waals surface area contributed by atoms with Crippen molar-refractivity contribution in [2.45, 2.75) is 32.2 Å². The van der Waals surface area contributed by atoms with E-state index in [4.69, 9.17) is 15.5 Å². The maximum atomic E-state index is 14.5. The molecule has 9 nitrogen and oxygen atoms in total. The van der Waals surface area contributed by atoms with E-state index < -0.39 is 21.7 Å². The van der Waals surface area contributed by atoms with E-state index in [2.05, 4.69) is 16.6 Å². The highest BCUT2D eigenvalue weighted by molar-refractivity contribution is 7.90. The van der Waals surface area contributed by atoms with Crippen LogP contribution in [0.3, 0.4) is 0 Å². The summed E-state index contributed by atoms with van der Waals surface area (Å²) in [6, 6.07) is 11.7. The number of anilines is 2. The predicted molar refractivity (Wildman–Crippen MR) is 146 cm³/mol. The quantitative estimate of drug-likeness (QED) is 0.427. The fraction of sp³-hybridized carbons (Fsp3) is 0.393. The number of aromatic nitrogens is 2. The first kappa shape index (κ1) is 26.9. The average molecular weight is 554 g/mol. The van der Waals surface area contributed by atoms with Gasteiger partial charge in [-0.25, -0.2) is 19.1 Å². The summed E-state index contributed by atoms with van der Waals surface area (Å²) >= 11 is 0. The largest absolute Gasteiger partial charge is 0.493 e. The van der Waals surface area contributed by atoms with Crippen molar-refractivity contribution in [3.63, 3.8) is 0 Å². The molecule has 1 amide bonds. The van der Waals surface area contributed by atoms with Crippen LogP contribution >= 0.6 is 0 Å². The molecule has 0 spiro atoms. The van der Waals surface area contributed by atoms with Crippen LogP contribution in [0, 0.1) is 29.5 Å². The van der Waals surface area contributed by atoms with Gasteiger partial charge in [0.25, 0.3) is 15.9 Å². The smallest absolute Gasteiger partial charge is 0.281 e. The molecule has 4 heterocycles. The predicted octanol–water partition coefficient (Wildman–Crippen LogP) is 4.11. The highest BCUT2D eigenvalue weighted by Crippen LogP contribution is 2.46. The van der Waals surface area contributed by atoms with Crippen LogP contribution in [0.25, 0.3) is 11.3 Å². The fourth-order valence-electron chi connectivity index (χ4n) is 5.20. The maximum absolute atomic E-state index is 14.5. The van der Waals surface area contributed by atoms with Crippen LogP contribution in [0.1, 0.15) is 37.6 Å². The number of carbonyl (C=O) groups excluding carboxylic acids is 1. The van der Waals surface area contributed by atoms with Gasteiger partial charge in [-0.2, -0.15) is 8.42 Å². The third-order valence-corrected chi connectivity index (χ3v) is 8.65. The zero-order valence-corrected chi connectivity index (χ0v) is 22.9. The van der Waals surface area contributed by atoms with E-state index in [1.165, 1.54) is 36.4 Å². The zero-order valence-electron chi connectivity index (χ0n) is 22.1. The van der Waals surface area contributed by atoms with Crippen LogP contribution in [0.5, 0.6) is 5.75 Å². The molecule has 6 rings (SSSR count). The second-order valence-electron chi connectivity index (χ2n) is 10.8. The van der Waals surface area contributed by atoms with Crippen LogP contribution in [0.15, 0.2) is 53.6 Å². The molecule has 1 aromatic carbocycles. The average Bonchev–Trinajstić information content (AvgIpc) is 2.90. The molecule has 0 radical (unpaired) electrons. The van der Waals surface area contributed by atoms with Gasteiger partial charge >= 0.3 is 0 Å². The van der Waals surface area contributed by atoms with Crippen LogP contribution in [-0.2, 0) is 10.0 Å². The summed E-state index contributed by atoms with van der Waals surface area (Å²) in [6.45, 7) is 8.07. The van der Waals surface area contributed by atoms with Crippen molar-refractivity contribution in [1.82, 2.24) is 14.7 Å². The third-order valence-electron chi connectivity index (χ3n) is 7.42. The number of nitrogens with zero attached hydrogens (tertiary/aromatic N) is 3. The number of nitrogens with one attached hydrogen (secondary N) is 1. The number of piperidine rings is 2. The van der Waals surface area contributed by atoms with Crippen molar-refractivity contribution in [2.75, 3.05) is 30.3 Å². The summed E-state index contributed by atoms with van der Waals surface area (Å²) in [5.74, 6) is 1.25. The van der Waals surface area contributed by atoms with Gasteiger partial charge in [-0.1, -0.05) is 26.8 Å². The van der Waals surface area contributed by atoms with Gasteiger partial charge in [0, 0.05) is 24.7 Å². The molecule has 1 aliphatic carbocycles. The number of halogens is 1. The van der Waals surface area contributed by atoms with Crippen molar-refractivity contribution in [1.29, 1.82) is 0 Å². The van der Waals surface area contributed by atoms with Gasteiger partial charge in [-0.3, -0.25) is 4.79 Å². The molecule has 2 atom stereocenters. The van der Waals surface area contributed by atoms with Gasteiger partial charge in [-0.05, 0) is 66.5 Å².